The Morgan fingerprint density at radius 1 is 0.731 bits per heavy atom. The number of carbonyl (C=O) groups is 2. The van der Waals surface area contributed by atoms with Crippen molar-refractivity contribution in [1.29, 1.82) is 0 Å². The summed E-state index contributed by atoms with van der Waals surface area (Å²) in [5, 5.41) is 6.62. The van der Waals surface area contributed by atoms with Crippen LogP contribution in [0.3, 0.4) is 0 Å². The van der Waals surface area contributed by atoms with E-state index in [4.69, 9.17) is 9.47 Å². The van der Waals surface area contributed by atoms with E-state index in [0.717, 1.165) is 51.9 Å². The number of nitrogens with one attached hydrogen (secondary N) is 2. The Kier molecular flexibility index (Phi) is 7.24. The van der Waals surface area contributed by atoms with Gasteiger partial charge < -0.3 is 20.1 Å². The van der Waals surface area contributed by atoms with Gasteiger partial charge in [0.05, 0.1) is 0 Å². The van der Waals surface area contributed by atoms with E-state index in [-0.39, 0.29) is 0 Å². The topological polar surface area (TPSA) is 76.7 Å². The number of rotatable bonds is 6. The molecule has 2 rings (SSSR count). The Balaban J connectivity index is 1.83. The Labute approximate surface area is 157 Å². The molecular weight excluding hydrogens is 332 g/mol. The van der Waals surface area contributed by atoms with Crippen molar-refractivity contribution in [3.63, 3.8) is 0 Å². The molecule has 0 amide bonds. The van der Waals surface area contributed by atoms with Gasteiger partial charge in [0.25, 0.3) is 0 Å². The molecule has 0 spiro atoms. The molecule has 0 aromatic heterocycles. The van der Waals surface area contributed by atoms with Crippen LogP contribution in [0, 0.1) is 11.8 Å². The zero-order valence-electron chi connectivity index (χ0n) is 16.6. The summed E-state index contributed by atoms with van der Waals surface area (Å²) in [6.45, 7) is 11.5. The molecule has 6 heteroatoms. The summed E-state index contributed by atoms with van der Waals surface area (Å²) >= 11 is 0. The predicted molar refractivity (Wildman–Crippen MR) is 101 cm³/mol. The van der Waals surface area contributed by atoms with Gasteiger partial charge in [-0.1, -0.05) is 0 Å². The van der Waals surface area contributed by atoms with Gasteiger partial charge in [-0.05, 0) is 79.6 Å². The minimum absolute atomic E-state index is 0.326. The average molecular weight is 367 g/mol. The Hall–Kier alpha value is -1.40. The second kappa shape index (κ2) is 9.00. The Morgan fingerprint density at radius 3 is 1.35 bits per heavy atom. The third-order valence-corrected chi connectivity index (χ3v) is 5.73. The second-order valence-corrected chi connectivity index (χ2v) is 8.43. The van der Waals surface area contributed by atoms with Gasteiger partial charge in [0.2, 0.25) is 0 Å². The quantitative estimate of drug-likeness (QED) is 0.554. The molecule has 0 unspecified atom stereocenters. The minimum atomic E-state index is -0.540. The molecule has 26 heavy (non-hydrogen) atoms. The molecule has 0 aliphatic carbocycles. The van der Waals surface area contributed by atoms with E-state index in [1.807, 2.05) is 27.7 Å². The highest BCUT2D eigenvalue weighted by Gasteiger charge is 2.35. The highest BCUT2D eigenvalue weighted by atomic mass is 16.6. The van der Waals surface area contributed by atoms with Crippen molar-refractivity contribution in [2.45, 2.75) is 64.6 Å². The van der Waals surface area contributed by atoms with Crippen LogP contribution in [0.1, 0.15) is 53.4 Å². The van der Waals surface area contributed by atoms with E-state index in [0.29, 0.717) is 11.8 Å². The smallest absolute Gasteiger partial charge is 0.331 e. The number of hydrogen-bond donors (Lipinski definition) is 2. The van der Waals surface area contributed by atoms with E-state index in [1.165, 1.54) is 12.2 Å². The fourth-order valence-corrected chi connectivity index (χ4v) is 3.92. The first kappa shape index (κ1) is 20.9. The largest absolute Gasteiger partial charge is 0.456 e. The number of esters is 2. The summed E-state index contributed by atoms with van der Waals surface area (Å²) in [4.78, 5) is 24.3. The third-order valence-electron chi connectivity index (χ3n) is 5.73. The van der Waals surface area contributed by atoms with Crippen molar-refractivity contribution in [3.05, 3.63) is 12.2 Å². The van der Waals surface area contributed by atoms with Crippen LogP contribution in [0.2, 0.25) is 0 Å². The van der Waals surface area contributed by atoms with Crippen LogP contribution in [-0.4, -0.2) is 49.3 Å². The highest BCUT2D eigenvalue weighted by molar-refractivity contribution is 5.92. The van der Waals surface area contributed by atoms with Crippen LogP contribution in [0.15, 0.2) is 12.2 Å². The maximum Gasteiger partial charge on any atom is 0.331 e. The molecule has 2 N–H and O–H groups in total. The molecule has 6 nitrogen and oxygen atoms in total. The van der Waals surface area contributed by atoms with Crippen LogP contribution >= 0.6 is 0 Å². The maximum atomic E-state index is 12.1. The van der Waals surface area contributed by atoms with Gasteiger partial charge >= 0.3 is 11.9 Å². The summed E-state index contributed by atoms with van der Waals surface area (Å²) < 4.78 is 11.2. The van der Waals surface area contributed by atoms with E-state index in [1.54, 1.807) is 0 Å². The molecule has 2 heterocycles. The number of piperidine rings is 2. The lowest BCUT2D eigenvalue weighted by atomic mass is 9.83. The molecule has 2 aliphatic heterocycles. The third kappa shape index (κ3) is 6.09. The van der Waals surface area contributed by atoms with E-state index < -0.39 is 23.1 Å². The molecule has 2 aliphatic rings. The highest BCUT2D eigenvalue weighted by Crippen LogP contribution is 2.30. The van der Waals surface area contributed by atoms with Crippen LogP contribution in [0.25, 0.3) is 0 Å². The summed E-state index contributed by atoms with van der Waals surface area (Å²) in [7, 11) is 0. The van der Waals surface area contributed by atoms with Crippen molar-refractivity contribution in [2.24, 2.45) is 11.8 Å². The van der Waals surface area contributed by atoms with Gasteiger partial charge in [-0.25, -0.2) is 9.59 Å². The number of carbonyl (C=O) groups excluding carboxylic acids is 2. The van der Waals surface area contributed by atoms with Crippen molar-refractivity contribution in [2.75, 3.05) is 26.2 Å². The van der Waals surface area contributed by atoms with Gasteiger partial charge in [-0.3, -0.25) is 0 Å². The first-order valence-corrected chi connectivity index (χ1v) is 9.76. The summed E-state index contributed by atoms with van der Waals surface area (Å²) in [5.74, 6) is -0.339. The summed E-state index contributed by atoms with van der Waals surface area (Å²) in [6.07, 6.45) is 6.30. The zero-order valence-corrected chi connectivity index (χ0v) is 16.6. The molecule has 0 radical (unpaired) electrons. The Bertz CT molecular complexity index is 470. The molecule has 0 bridgehead atoms. The molecule has 148 valence electrons. The lowest BCUT2D eigenvalue weighted by Gasteiger charge is -2.36. The van der Waals surface area contributed by atoms with Gasteiger partial charge in [-0.2, -0.15) is 0 Å². The molecule has 0 aromatic carbocycles. The lowest BCUT2D eigenvalue weighted by molar-refractivity contribution is -0.159. The Morgan fingerprint density at radius 2 is 1.04 bits per heavy atom. The van der Waals surface area contributed by atoms with Crippen LogP contribution in [-0.2, 0) is 19.1 Å². The summed E-state index contributed by atoms with van der Waals surface area (Å²) in [5.41, 5.74) is -1.08. The fourth-order valence-electron chi connectivity index (χ4n) is 3.92. The van der Waals surface area contributed by atoms with Gasteiger partial charge in [0.15, 0.2) is 0 Å². The van der Waals surface area contributed by atoms with Gasteiger partial charge in [0.1, 0.15) is 11.2 Å². The zero-order chi connectivity index (χ0) is 19.2. The monoisotopic (exact) mass is 366 g/mol. The average Bonchev–Trinajstić information content (AvgIpc) is 2.61. The fraction of sp³-hybridized carbons (Fsp3) is 0.800. The van der Waals surface area contributed by atoms with Crippen LogP contribution in [0.4, 0.5) is 0 Å². The second-order valence-electron chi connectivity index (χ2n) is 8.43. The maximum absolute atomic E-state index is 12.1. The molecule has 2 fully saturated rings. The predicted octanol–water partition coefficient (Wildman–Crippen LogP) is 2.19. The van der Waals surface area contributed by atoms with Crippen molar-refractivity contribution >= 4 is 11.9 Å². The van der Waals surface area contributed by atoms with Crippen LogP contribution in [0.5, 0.6) is 0 Å². The normalized spacial score (nSPS) is 20.9. The lowest BCUT2D eigenvalue weighted by Crippen LogP contribution is -2.43. The molecule has 0 atom stereocenters. The number of ether oxygens (including phenoxy) is 2. The van der Waals surface area contributed by atoms with Crippen LogP contribution < -0.4 is 10.6 Å². The standard InChI is InChI=1S/C20H34N2O4/c1-19(2,15-7-11-21-12-8-15)25-17(23)5-6-18(24)26-20(3,4)16-9-13-22-14-10-16/h5-6,15-16,21-22H,7-14H2,1-4H3/b6-5+. The van der Waals surface area contributed by atoms with E-state index in [9.17, 15) is 9.59 Å². The first-order chi connectivity index (χ1) is 12.2. The van der Waals surface area contributed by atoms with E-state index in [2.05, 4.69) is 10.6 Å². The SMILES string of the molecule is CC(C)(OC(=O)/C=C/C(=O)OC(C)(C)C1CCNCC1)C1CCNCC1. The van der Waals surface area contributed by atoms with E-state index >= 15 is 0 Å². The molecule has 0 saturated carbocycles. The van der Waals surface area contributed by atoms with Crippen molar-refractivity contribution in [1.82, 2.24) is 10.6 Å². The molecule has 0 aromatic rings. The van der Waals surface area contributed by atoms with Crippen molar-refractivity contribution in [3.8, 4) is 0 Å². The molecule has 2 saturated heterocycles. The first-order valence-electron chi connectivity index (χ1n) is 9.76. The molecular formula is C20H34N2O4. The number of hydrogen-bond acceptors (Lipinski definition) is 6. The summed E-state index contributed by atoms with van der Waals surface area (Å²) in [6, 6.07) is 0. The van der Waals surface area contributed by atoms with Gasteiger partial charge in [-0.15, -0.1) is 0 Å². The van der Waals surface area contributed by atoms with Crippen molar-refractivity contribution < 1.29 is 19.1 Å². The minimum Gasteiger partial charge on any atom is -0.456 e. The van der Waals surface area contributed by atoms with Gasteiger partial charge in [0, 0.05) is 24.0 Å².